The van der Waals surface area contributed by atoms with Gasteiger partial charge in [-0.3, -0.25) is 9.59 Å². The molecule has 28 heavy (non-hydrogen) atoms. The predicted molar refractivity (Wildman–Crippen MR) is 112 cm³/mol. The van der Waals surface area contributed by atoms with E-state index in [9.17, 15) is 14.7 Å². The van der Waals surface area contributed by atoms with E-state index in [-0.39, 0.29) is 18.6 Å². The summed E-state index contributed by atoms with van der Waals surface area (Å²) in [5, 5.41) is 13.1. The average Bonchev–Trinajstić information content (AvgIpc) is 3.15. The summed E-state index contributed by atoms with van der Waals surface area (Å²) < 4.78 is 0. The van der Waals surface area contributed by atoms with E-state index >= 15 is 0 Å². The van der Waals surface area contributed by atoms with E-state index < -0.39 is 11.4 Å². The highest BCUT2D eigenvalue weighted by molar-refractivity contribution is 7.13. The second-order valence-electron chi connectivity index (χ2n) is 6.62. The van der Waals surface area contributed by atoms with Crippen LogP contribution >= 0.6 is 22.9 Å². The standard InChI is InChI=1S/C22H20ClNO3S/c1-2-22(21(26)27,15-8-4-3-5-9-15)13-17(25)12-16-14-28-20(24-16)18-10-6-7-11-19(18)23/h3-11,14H,2,12-13H2,1H3,(H,26,27). The van der Waals surface area contributed by atoms with Gasteiger partial charge in [0, 0.05) is 23.8 Å². The van der Waals surface area contributed by atoms with E-state index in [0.717, 1.165) is 10.6 Å². The normalized spacial score (nSPS) is 13.1. The highest BCUT2D eigenvalue weighted by Crippen LogP contribution is 2.34. The molecule has 4 nitrogen and oxygen atoms in total. The molecule has 1 N–H and O–H groups in total. The van der Waals surface area contributed by atoms with Gasteiger partial charge in [0.2, 0.25) is 0 Å². The molecule has 0 aliphatic carbocycles. The number of hydrogen-bond donors (Lipinski definition) is 1. The van der Waals surface area contributed by atoms with Crippen LogP contribution in [0.3, 0.4) is 0 Å². The molecule has 3 aromatic rings. The van der Waals surface area contributed by atoms with Gasteiger partial charge in [0.25, 0.3) is 0 Å². The van der Waals surface area contributed by atoms with Gasteiger partial charge in [-0.1, -0.05) is 67.1 Å². The molecule has 1 unspecified atom stereocenters. The van der Waals surface area contributed by atoms with E-state index in [1.807, 2.05) is 29.6 Å². The molecule has 0 saturated carbocycles. The number of thiazole rings is 1. The van der Waals surface area contributed by atoms with E-state index in [4.69, 9.17) is 11.6 Å². The largest absolute Gasteiger partial charge is 0.481 e. The van der Waals surface area contributed by atoms with Crippen LogP contribution in [0.4, 0.5) is 0 Å². The number of nitrogens with zero attached hydrogens (tertiary/aromatic N) is 1. The first-order valence-electron chi connectivity index (χ1n) is 8.96. The summed E-state index contributed by atoms with van der Waals surface area (Å²) in [5.41, 5.74) is 0.882. The van der Waals surface area contributed by atoms with Crippen molar-refractivity contribution < 1.29 is 14.7 Å². The SMILES string of the molecule is CCC(CC(=O)Cc1csc(-c2ccccc2Cl)n1)(C(=O)O)c1ccccc1. The van der Waals surface area contributed by atoms with Crippen LogP contribution < -0.4 is 0 Å². The second-order valence-corrected chi connectivity index (χ2v) is 7.89. The first-order chi connectivity index (χ1) is 13.5. The number of carboxylic acid groups (broad SMARTS) is 1. The van der Waals surface area contributed by atoms with Gasteiger partial charge in [-0.25, -0.2) is 4.98 Å². The summed E-state index contributed by atoms with van der Waals surface area (Å²) >= 11 is 7.64. The zero-order valence-corrected chi connectivity index (χ0v) is 17.0. The van der Waals surface area contributed by atoms with Crippen molar-refractivity contribution in [1.29, 1.82) is 0 Å². The van der Waals surface area contributed by atoms with Crippen molar-refractivity contribution in [3.63, 3.8) is 0 Å². The molecule has 0 aliphatic rings. The van der Waals surface area contributed by atoms with Crippen molar-refractivity contribution in [2.75, 3.05) is 0 Å². The van der Waals surface area contributed by atoms with Crippen molar-refractivity contribution >= 4 is 34.7 Å². The number of benzene rings is 2. The molecule has 1 atom stereocenters. The number of aromatic nitrogens is 1. The molecule has 0 fully saturated rings. The number of halogens is 1. The summed E-state index contributed by atoms with van der Waals surface area (Å²) in [7, 11) is 0. The number of carbonyl (C=O) groups excluding carboxylic acids is 1. The lowest BCUT2D eigenvalue weighted by Crippen LogP contribution is -2.38. The fraction of sp³-hybridized carbons (Fsp3) is 0.227. The summed E-state index contributed by atoms with van der Waals surface area (Å²) in [6.45, 7) is 1.80. The lowest BCUT2D eigenvalue weighted by Gasteiger charge is -2.28. The molecule has 0 saturated heterocycles. The first kappa shape index (κ1) is 20.2. The Labute approximate surface area is 172 Å². The average molecular weight is 414 g/mol. The number of carbonyl (C=O) groups is 2. The lowest BCUT2D eigenvalue weighted by molar-refractivity contribution is -0.146. The maximum atomic E-state index is 12.8. The highest BCUT2D eigenvalue weighted by atomic mass is 35.5. The Morgan fingerprint density at radius 2 is 1.79 bits per heavy atom. The fourth-order valence-corrected chi connectivity index (χ4v) is 4.43. The molecule has 0 amide bonds. The Morgan fingerprint density at radius 3 is 2.43 bits per heavy atom. The summed E-state index contributed by atoms with van der Waals surface area (Å²) in [5.74, 6) is -1.13. The van der Waals surface area contributed by atoms with Crippen molar-refractivity contribution in [2.24, 2.45) is 0 Å². The molecule has 1 aromatic heterocycles. The lowest BCUT2D eigenvalue weighted by atomic mass is 9.74. The molecular weight excluding hydrogens is 394 g/mol. The minimum absolute atomic E-state index is 0.0677. The van der Waals surface area contributed by atoms with Gasteiger partial charge in [-0.2, -0.15) is 0 Å². The Kier molecular flexibility index (Phi) is 6.27. The molecule has 6 heteroatoms. The van der Waals surface area contributed by atoms with Crippen LogP contribution in [0.15, 0.2) is 60.0 Å². The molecule has 0 spiro atoms. The zero-order valence-electron chi connectivity index (χ0n) is 15.4. The van der Waals surface area contributed by atoms with Crippen molar-refractivity contribution in [2.45, 2.75) is 31.6 Å². The van der Waals surface area contributed by atoms with E-state index in [0.29, 0.717) is 22.7 Å². The van der Waals surface area contributed by atoms with Crippen molar-refractivity contribution in [3.8, 4) is 10.6 Å². The van der Waals surface area contributed by atoms with Crippen molar-refractivity contribution in [1.82, 2.24) is 4.98 Å². The van der Waals surface area contributed by atoms with Gasteiger partial charge < -0.3 is 5.11 Å². The van der Waals surface area contributed by atoms with Crippen LogP contribution in [-0.4, -0.2) is 21.8 Å². The summed E-state index contributed by atoms with van der Waals surface area (Å²) in [6, 6.07) is 16.4. The summed E-state index contributed by atoms with van der Waals surface area (Å²) in [6.07, 6.45) is 0.366. The molecule has 0 bridgehead atoms. The number of Topliss-reactive ketones (excluding diaryl/α,β-unsaturated/α-hetero) is 1. The fourth-order valence-electron chi connectivity index (χ4n) is 3.29. The van der Waals surface area contributed by atoms with Crippen LogP contribution in [0.5, 0.6) is 0 Å². The number of hydrogen-bond acceptors (Lipinski definition) is 4. The third kappa shape index (κ3) is 4.16. The van der Waals surface area contributed by atoms with Crippen molar-refractivity contribution in [3.05, 3.63) is 76.3 Å². The van der Waals surface area contributed by atoms with Crippen LogP contribution in [0, 0.1) is 0 Å². The minimum atomic E-state index is -1.22. The van der Waals surface area contributed by atoms with Crippen LogP contribution in [0.1, 0.15) is 31.0 Å². The quantitative estimate of drug-likeness (QED) is 0.537. The van der Waals surface area contributed by atoms with E-state index in [2.05, 4.69) is 4.98 Å². The number of carboxylic acids is 1. The van der Waals surface area contributed by atoms with Crippen LogP contribution in [0.25, 0.3) is 10.6 Å². The van der Waals surface area contributed by atoms with Crippen LogP contribution in [0.2, 0.25) is 5.02 Å². The Bertz CT molecular complexity index is 986. The van der Waals surface area contributed by atoms with Gasteiger partial charge in [0.05, 0.1) is 16.1 Å². The predicted octanol–water partition coefficient (Wildman–Crippen LogP) is 5.40. The second kappa shape index (κ2) is 8.67. The smallest absolute Gasteiger partial charge is 0.314 e. The molecular formula is C22H20ClNO3S. The molecule has 0 aliphatic heterocycles. The molecule has 144 valence electrons. The number of aliphatic carboxylic acids is 1. The van der Waals surface area contributed by atoms with Gasteiger partial charge >= 0.3 is 5.97 Å². The van der Waals surface area contributed by atoms with E-state index in [1.54, 1.807) is 37.3 Å². The van der Waals surface area contributed by atoms with Crippen LogP contribution in [-0.2, 0) is 21.4 Å². The van der Waals surface area contributed by atoms with Gasteiger partial charge in [-0.15, -0.1) is 11.3 Å². The number of rotatable bonds is 8. The Balaban J connectivity index is 1.79. The molecule has 3 rings (SSSR count). The topological polar surface area (TPSA) is 67.3 Å². The first-order valence-corrected chi connectivity index (χ1v) is 10.2. The molecule has 0 radical (unpaired) electrons. The molecule has 2 aromatic carbocycles. The maximum absolute atomic E-state index is 12.8. The Morgan fingerprint density at radius 1 is 1.11 bits per heavy atom. The Hall–Kier alpha value is -2.50. The van der Waals surface area contributed by atoms with E-state index in [1.165, 1.54) is 11.3 Å². The summed E-state index contributed by atoms with van der Waals surface area (Å²) in [4.78, 5) is 29.4. The van der Waals surface area contributed by atoms with Gasteiger partial charge in [0.1, 0.15) is 10.8 Å². The zero-order chi connectivity index (χ0) is 20.1. The monoisotopic (exact) mass is 413 g/mol. The highest BCUT2D eigenvalue weighted by Gasteiger charge is 2.40. The van der Waals surface area contributed by atoms with Gasteiger partial charge in [-0.05, 0) is 18.1 Å². The number of ketones is 1. The maximum Gasteiger partial charge on any atom is 0.314 e. The minimum Gasteiger partial charge on any atom is -0.481 e. The third-order valence-electron chi connectivity index (χ3n) is 4.87. The van der Waals surface area contributed by atoms with Gasteiger partial charge in [0.15, 0.2) is 0 Å². The molecule has 1 heterocycles. The third-order valence-corrected chi connectivity index (χ3v) is 6.13.